The second-order valence-corrected chi connectivity index (χ2v) is 6.53. The lowest BCUT2D eigenvalue weighted by Gasteiger charge is -2.37. The maximum Gasteiger partial charge on any atom is 0.207 e. The minimum Gasteiger partial charge on any atom is -0.497 e. The Hall–Kier alpha value is -3.42. The fraction of sp³-hybridized carbons (Fsp3) is 0.263. The molecular formula is C19H19N7O. The monoisotopic (exact) mass is 361 g/mol. The molecule has 2 aromatic heterocycles. The quantitative estimate of drug-likeness (QED) is 0.553. The smallest absolute Gasteiger partial charge is 0.207 e. The summed E-state index contributed by atoms with van der Waals surface area (Å²) in [6.07, 6.45) is 0. The minimum atomic E-state index is 0.686. The van der Waals surface area contributed by atoms with Crippen molar-refractivity contribution >= 4 is 27.9 Å². The molecule has 0 saturated carbocycles. The van der Waals surface area contributed by atoms with Crippen LogP contribution in [0, 0.1) is 0 Å². The molecule has 3 heterocycles. The Balaban J connectivity index is 1.43. The first-order valence-corrected chi connectivity index (χ1v) is 8.94. The Labute approximate surface area is 155 Å². The number of methoxy groups -OCH3 is 1. The summed E-state index contributed by atoms with van der Waals surface area (Å²) in [6.45, 7) is 3.62. The molecule has 1 fully saturated rings. The van der Waals surface area contributed by atoms with Gasteiger partial charge in [-0.05, 0) is 34.7 Å². The zero-order valence-electron chi connectivity index (χ0n) is 15.0. The first-order valence-electron chi connectivity index (χ1n) is 8.94. The lowest BCUT2D eigenvalue weighted by atomic mass is 10.1. The van der Waals surface area contributed by atoms with Gasteiger partial charge in [-0.25, -0.2) is 0 Å². The lowest BCUT2D eigenvalue weighted by Crippen LogP contribution is -2.47. The molecule has 8 heteroatoms. The normalized spacial score (nSPS) is 14.9. The number of rotatable bonds is 3. The third kappa shape index (κ3) is 2.69. The fourth-order valence-electron chi connectivity index (χ4n) is 3.63. The number of fused-ring (bicyclic) bond motifs is 3. The molecule has 0 amide bonds. The van der Waals surface area contributed by atoms with E-state index in [9.17, 15) is 0 Å². The lowest BCUT2D eigenvalue weighted by molar-refractivity contribution is 0.415. The highest BCUT2D eigenvalue weighted by Crippen LogP contribution is 2.28. The Morgan fingerprint density at radius 2 is 1.56 bits per heavy atom. The topological polar surface area (TPSA) is 71.7 Å². The average Bonchev–Trinajstić information content (AvgIpc) is 3.22. The van der Waals surface area contributed by atoms with E-state index in [-0.39, 0.29) is 0 Å². The molecule has 0 unspecified atom stereocenters. The van der Waals surface area contributed by atoms with Crippen LogP contribution in [0.4, 0.5) is 11.5 Å². The number of anilines is 2. The van der Waals surface area contributed by atoms with Crippen molar-refractivity contribution in [1.29, 1.82) is 0 Å². The van der Waals surface area contributed by atoms with Gasteiger partial charge in [0.05, 0.1) is 7.11 Å². The first kappa shape index (κ1) is 15.8. The standard InChI is InChI=1S/C19H19N7O/c1-27-15-8-6-14(7-9-15)24-10-12-25(13-11-24)19-17-5-3-2-4-16(17)18-20-22-23-26(18)21-19/h2-9H,10-13H2,1H3. The summed E-state index contributed by atoms with van der Waals surface area (Å²) >= 11 is 0. The summed E-state index contributed by atoms with van der Waals surface area (Å²) in [5.74, 6) is 1.81. The number of hydrogen-bond donors (Lipinski definition) is 0. The number of piperazine rings is 1. The van der Waals surface area contributed by atoms with Gasteiger partial charge in [-0.15, -0.1) is 14.8 Å². The highest BCUT2D eigenvalue weighted by Gasteiger charge is 2.22. The largest absolute Gasteiger partial charge is 0.497 e. The van der Waals surface area contributed by atoms with Gasteiger partial charge in [0, 0.05) is 42.6 Å². The van der Waals surface area contributed by atoms with Gasteiger partial charge in [-0.3, -0.25) is 0 Å². The van der Waals surface area contributed by atoms with Crippen LogP contribution < -0.4 is 14.5 Å². The number of aromatic nitrogens is 5. The highest BCUT2D eigenvalue weighted by molar-refractivity contribution is 5.99. The van der Waals surface area contributed by atoms with E-state index < -0.39 is 0 Å². The zero-order chi connectivity index (χ0) is 18.2. The van der Waals surface area contributed by atoms with Crippen molar-refractivity contribution in [3.05, 3.63) is 48.5 Å². The van der Waals surface area contributed by atoms with Gasteiger partial charge < -0.3 is 14.5 Å². The van der Waals surface area contributed by atoms with E-state index in [1.165, 1.54) is 10.3 Å². The molecule has 0 aliphatic carbocycles. The van der Waals surface area contributed by atoms with Gasteiger partial charge in [0.2, 0.25) is 5.65 Å². The van der Waals surface area contributed by atoms with Crippen LogP contribution in [0.1, 0.15) is 0 Å². The summed E-state index contributed by atoms with van der Waals surface area (Å²) in [6, 6.07) is 16.4. The maximum atomic E-state index is 5.25. The average molecular weight is 361 g/mol. The van der Waals surface area contributed by atoms with Crippen LogP contribution in [-0.2, 0) is 0 Å². The van der Waals surface area contributed by atoms with Gasteiger partial charge in [-0.2, -0.15) is 0 Å². The van der Waals surface area contributed by atoms with Crippen molar-refractivity contribution in [2.45, 2.75) is 0 Å². The molecule has 0 atom stereocenters. The second kappa shape index (κ2) is 6.39. The number of hydrogen-bond acceptors (Lipinski definition) is 7. The number of ether oxygens (including phenoxy) is 1. The molecule has 1 aliphatic rings. The summed E-state index contributed by atoms with van der Waals surface area (Å²) in [5.41, 5.74) is 1.90. The molecule has 5 rings (SSSR count). The van der Waals surface area contributed by atoms with Crippen LogP contribution in [-0.4, -0.2) is 58.5 Å². The third-order valence-electron chi connectivity index (χ3n) is 5.07. The van der Waals surface area contributed by atoms with Crippen molar-refractivity contribution in [2.24, 2.45) is 0 Å². The van der Waals surface area contributed by atoms with Crippen molar-refractivity contribution < 1.29 is 4.74 Å². The van der Waals surface area contributed by atoms with Crippen LogP contribution >= 0.6 is 0 Å². The summed E-state index contributed by atoms with van der Waals surface area (Å²) in [4.78, 5) is 4.69. The van der Waals surface area contributed by atoms with Crippen molar-refractivity contribution in [3.63, 3.8) is 0 Å². The Kier molecular flexibility index (Phi) is 3.74. The summed E-state index contributed by atoms with van der Waals surface area (Å²) in [7, 11) is 1.69. The van der Waals surface area contributed by atoms with Gasteiger partial charge in [0.15, 0.2) is 5.82 Å². The molecule has 1 saturated heterocycles. The molecule has 0 spiro atoms. The first-order chi connectivity index (χ1) is 13.3. The van der Waals surface area contributed by atoms with Crippen molar-refractivity contribution in [2.75, 3.05) is 43.1 Å². The highest BCUT2D eigenvalue weighted by atomic mass is 16.5. The third-order valence-corrected chi connectivity index (χ3v) is 5.07. The van der Waals surface area contributed by atoms with Crippen LogP contribution in [0.5, 0.6) is 5.75 Å². The molecule has 0 radical (unpaired) electrons. The molecule has 0 N–H and O–H groups in total. The molecule has 4 aromatic rings. The Morgan fingerprint density at radius 1 is 0.852 bits per heavy atom. The SMILES string of the molecule is COc1ccc(N2CCN(c3nn4nnnc4c4ccccc34)CC2)cc1. The molecule has 136 valence electrons. The Bertz CT molecular complexity index is 1080. The van der Waals surface area contributed by atoms with Crippen LogP contribution in [0.25, 0.3) is 16.4 Å². The van der Waals surface area contributed by atoms with Crippen LogP contribution in [0.3, 0.4) is 0 Å². The van der Waals surface area contributed by atoms with E-state index in [0.717, 1.165) is 48.5 Å². The second-order valence-electron chi connectivity index (χ2n) is 6.53. The summed E-state index contributed by atoms with van der Waals surface area (Å²) in [5, 5.41) is 18.6. The van der Waals surface area contributed by atoms with Crippen molar-refractivity contribution in [1.82, 2.24) is 25.3 Å². The minimum absolute atomic E-state index is 0.686. The van der Waals surface area contributed by atoms with Gasteiger partial charge in [0.25, 0.3) is 0 Å². The van der Waals surface area contributed by atoms with E-state index >= 15 is 0 Å². The van der Waals surface area contributed by atoms with Crippen molar-refractivity contribution in [3.8, 4) is 5.75 Å². The van der Waals surface area contributed by atoms with Gasteiger partial charge >= 0.3 is 0 Å². The predicted octanol–water partition coefficient (Wildman–Crippen LogP) is 2.01. The van der Waals surface area contributed by atoms with E-state index in [0.29, 0.717) is 5.65 Å². The summed E-state index contributed by atoms with van der Waals surface area (Å²) < 4.78 is 6.77. The van der Waals surface area contributed by atoms with E-state index in [1.54, 1.807) is 7.11 Å². The van der Waals surface area contributed by atoms with Crippen LogP contribution in [0.2, 0.25) is 0 Å². The zero-order valence-corrected chi connectivity index (χ0v) is 15.0. The molecule has 1 aliphatic heterocycles. The number of tetrazole rings is 1. The molecule has 2 aromatic carbocycles. The van der Waals surface area contributed by atoms with Crippen LogP contribution in [0.15, 0.2) is 48.5 Å². The molecular weight excluding hydrogens is 342 g/mol. The molecule has 0 bridgehead atoms. The van der Waals surface area contributed by atoms with Gasteiger partial charge in [0.1, 0.15) is 5.75 Å². The molecule has 27 heavy (non-hydrogen) atoms. The number of nitrogens with zero attached hydrogens (tertiary/aromatic N) is 7. The maximum absolute atomic E-state index is 5.25. The Morgan fingerprint density at radius 3 is 2.30 bits per heavy atom. The number of benzene rings is 2. The van der Waals surface area contributed by atoms with E-state index in [4.69, 9.17) is 4.74 Å². The van der Waals surface area contributed by atoms with E-state index in [2.05, 4.69) is 48.6 Å². The molecule has 8 nitrogen and oxygen atoms in total. The van der Waals surface area contributed by atoms with Gasteiger partial charge in [-0.1, -0.05) is 24.3 Å². The predicted molar refractivity (Wildman–Crippen MR) is 104 cm³/mol. The van der Waals surface area contributed by atoms with E-state index in [1.807, 2.05) is 30.3 Å². The fourth-order valence-corrected chi connectivity index (χ4v) is 3.63.